The maximum Gasteiger partial charge on any atom is 0.125 e. The SMILES string of the molecule is CC(C)c1cccc(C2(c3ccnc4ccccc34)C=C3CCCN3N2)n1. The van der Waals surface area contributed by atoms with Gasteiger partial charge >= 0.3 is 0 Å². The Bertz CT molecular complexity index is 1030. The van der Waals surface area contributed by atoms with E-state index in [9.17, 15) is 0 Å². The zero-order valence-corrected chi connectivity index (χ0v) is 15.8. The fourth-order valence-corrected chi connectivity index (χ4v) is 4.31. The highest BCUT2D eigenvalue weighted by Crippen LogP contribution is 2.42. The number of hydrazine groups is 1. The number of nitrogens with one attached hydrogen (secondary N) is 1. The Balaban J connectivity index is 1.78. The molecule has 3 aromatic rings. The van der Waals surface area contributed by atoms with Gasteiger partial charge in [0.05, 0.1) is 11.2 Å². The summed E-state index contributed by atoms with van der Waals surface area (Å²) in [5, 5.41) is 3.47. The number of para-hydroxylation sites is 1. The topological polar surface area (TPSA) is 41.1 Å². The van der Waals surface area contributed by atoms with Gasteiger partial charge in [0.1, 0.15) is 5.54 Å². The molecule has 0 spiro atoms. The smallest absolute Gasteiger partial charge is 0.125 e. The molecule has 2 aliphatic heterocycles. The summed E-state index contributed by atoms with van der Waals surface area (Å²) >= 11 is 0. The molecular weight excluding hydrogens is 332 g/mol. The van der Waals surface area contributed by atoms with E-state index in [-0.39, 0.29) is 0 Å². The summed E-state index contributed by atoms with van der Waals surface area (Å²) in [5.41, 5.74) is 9.12. The summed E-state index contributed by atoms with van der Waals surface area (Å²) < 4.78 is 0. The molecule has 4 heteroatoms. The van der Waals surface area contributed by atoms with E-state index in [0.717, 1.165) is 29.9 Å². The highest BCUT2D eigenvalue weighted by molar-refractivity contribution is 5.84. The number of hydrogen-bond donors (Lipinski definition) is 1. The van der Waals surface area contributed by atoms with E-state index in [1.165, 1.54) is 23.1 Å². The van der Waals surface area contributed by atoms with Gasteiger partial charge in [-0.2, -0.15) is 0 Å². The van der Waals surface area contributed by atoms with E-state index in [4.69, 9.17) is 4.98 Å². The van der Waals surface area contributed by atoms with Crippen LogP contribution in [0.5, 0.6) is 0 Å². The number of allylic oxidation sites excluding steroid dienone is 1. The molecule has 0 bridgehead atoms. The number of hydrogen-bond acceptors (Lipinski definition) is 4. The van der Waals surface area contributed by atoms with E-state index >= 15 is 0 Å². The van der Waals surface area contributed by atoms with Gasteiger partial charge < -0.3 is 5.01 Å². The van der Waals surface area contributed by atoms with Crippen molar-refractivity contribution in [2.45, 2.75) is 38.1 Å². The van der Waals surface area contributed by atoms with Crippen molar-refractivity contribution in [2.75, 3.05) is 6.54 Å². The number of rotatable bonds is 3. The molecule has 1 atom stereocenters. The second kappa shape index (κ2) is 6.17. The van der Waals surface area contributed by atoms with Gasteiger partial charge in [0, 0.05) is 29.5 Å². The van der Waals surface area contributed by atoms with Crippen molar-refractivity contribution in [1.29, 1.82) is 0 Å². The van der Waals surface area contributed by atoms with E-state index in [1.807, 2.05) is 12.3 Å². The molecule has 4 nitrogen and oxygen atoms in total. The molecule has 136 valence electrons. The molecule has 2 aliphatic rings. The standard InChI is InChI=1S/C23H24N4/c1-16(2)20-10-5-11-22(25-20)23(15-17-7-6-14-27(17)26-23)19-12-13-24-21-9-4-3-8-18(19)21/h3-5,8-13,15-16,26H,6-7,14H2,1-2H3. The van der Waals surface area contributed by atoms with Crippen LogP contribution in [0.1, 0.15) is 49.6 Å². The molecule has 1 N–H and O–H groups in total. The summed E-state index contributed by atoms with van der Waals surface area (Å²) in [6.07, 6.45) is 6.61. The van der Waals surface area contributed by atoms with Gasteiger partial charge in [-0.05, 0) is 54.7 Å². The highest BCUT2D eigenvalue weighted by Gasteiger charge is 2.43. The van der Waals surface area contributed by atoms with E-state index in [1.54, 1.807) is 0 Å². The van der Waals surface area contributed by atoms with Crippen LogP contribution in [0.15, 0.2) is 66.5 Å². The first-order valence-corrected chi connectivity index (χ1v) is 9.76. The second-order valence-corrected chi connectivity index (χ2v) is 7.79. The fraction of sp³-hybridized carbons (Fsp3) is 0.304. The lowest BCUT2D eigenvalue weighted by Crippen LogP contribution is -2.45. The number of pyridine rings is 2. The molecule has 0 saturated carbocycles. The highest BCUT2D eigenvalue weighted by atomic mass is 15.6. The molecule has 27 heavy (non-hydrogen) atoms. The van der Waals surface area contributed by atoms with Crippen LogP contribution in [0, 0.1) is 0 Å². The van der Waals surface area contributed by atoms with Crippen molar-refractivity contribution in [1.82, 2.24) is 20.4 Å². The minimum absolute atomic E-state index is 0.394. The molecule has 1 aromatic carbocycles. The van der Waals surface area contributed by atoms with Gasteiger partial charge in [-0.3, -0.25) is 9.97 Å². The van der Waals surface area contributed by atoms with Crippen LogP contribution >= 0.6 is 0 Å². The Kier molecular flexibility index (Phi) is 3.76. The van der Waals surface area contributed by atoms with E-state index < -0.39 is 5.54 Å². The molecule has 1 saturated heterocycles. The third-order valence-electron chi connectivity index (χ3n) is 5.70. The van der Waals surface area contributed by atoms with Crippen LogP contribution in [0.4, 0.5) is 0 Å². The fourth-order valence-electron chi connectivity index (χ4n) is 4.31. The Labute approximate surface area is 159 Å². The predicted molar refractivity (Wildman–Crippen MR) is 108 cm³/mol. The van der Waals surface area contributed by atoms with Crippen LogP contribution in [-0.2, 0) is 5.54 Å². The van der Waals surface area contributed by atoms with Gasteiger partial charge in [-0.25, -0.2) is 5.43 Å². The molecular formula is C23H24N4. The van der Waals surface area contributed by atoms with Gasteiger partial charge in [0.15, 0.2) is 0 Å². The van der Waals surface area contributed by atoms with Crippen molar-refractivity contribution in [3.63, 3.8) is 0 Å². The zero-order chi connectivity index (χ0) is 18.4. The number of aromatic nitrogens is 2. The maximum atomic E-state index is 5.08. The largest absolute Gasteiger partial charge is 0.311 e. The van der Waals surface area contributed by atoms with Crippen molar-refractivity contribution >= 4 is 10.9 Å². The third-order valence-corrected chi connectivity index (χ3v) is 5.70. The van der Waals surface area contributed by atoms with Crippen molar-refractivity contribution in [3.05, 3.63) is 83.5 Å². The Morgan fingerprint density at radius 3 is 2.81 bits per heavy atom. The molecule has 0 radical (unpaired) electrons. The average molecular weight is 356 g/mol. The summed E-state index contributed by atoms with van der Waals surface area (Å²) in [7, 11) is 0. The van der Waals surface area contributed by atoms with Gasteiger partial charge in [0.25, 0.3) is 0 Å². The number of fused-ring (bicyclic) bond motifs is 2. The second-order valence-electron chi connectivity index (χ2n) is 7.79. The van der Waals surface area contributed by atoms with Crippen molar-refractivity contribution in [2.24, 2.45) is 0 Å². The minimum Gasteiger partial charge on any atom is -0.311 e. The number of nitrogens with zero attached hydrogens (tertiary/aromatic N) is 3. The Morgan fingerprint density at radius 2 is 1.96 bits per heavy atom. The van der Waals surface area contributed by atoms with E-state index in [2.05, 4.69) is 77.8 Å². The molecule has 4 heterocycles. The molecule has 5 rings (SSSR count). The monoisotopic (exact) mass is 356 g/mol. The van der Waals surface area contributed by atoms with Crippen LogP contribution < -0.4 is 5.43 Å². The first-order valence-electron chi connectivity index (χ1n) is 9.76. The van der Waals surface area contributed by atoms with Gasteiger partial charge in [-0.1, -0.05) is 38.1 Å². The number of benzene rings is 1. The lowest BCUT2D eigenvalue weighted by Gasteiger charge is -2.32. The minimum atomic E-state index is -0.455. The Hall–Kier alpha value is -2.72. The summed E-state index contributed by atoms with van der Waals surface area (Å²) in [5.74, 6) is 0.394. The summed E-state index contributed by atoms with van der Waals surface area (Å²) in [6, 6.07) is 16.9. The lowest BCUT2D eigenvalue weighted by atomic mass is 9.84. The van der Waals surface area contributed by atoms with E-state index in [0.29, 0.717) is 5.92 Å². The Morgan fingerprint density at radius 1 is 1.07 bits per heavy atom. The first kappa shape index (κ1) is 16.5. The van der Waals surface area contributed by atoms with Crippen LogP contribution in [-0.4, -0.2) is 21.5 Å². The van der Waals surface area contributed by atoms with Crippen molar-refractivity contribution < 1.29 is 0 Å². The summed E-state index contributed by atoms with van der Waals surface area (Å²) in [6.45, 7) is 5.43. The molecule has 1 fully saturated rings. The molecule has 1 unspecified atom stereocenters. The lowest BCUT2D eigenvalue weighted by molar-refractivity contribution is 0.247. The summed E-state index contributed by atoms with van der Waals surface area (Å²) in [4.78, 5) is 9.66. The normalized spacial score (nSPS) is 21.7. The van der Waals surface area contributed by atoms with Crippen LogP contribution in [0.2, 0.25) is 0 Å². The average Bonchev–Trinajstić information content (AvgIpc) is 3.28. The van der Waals surface area contributed by atoms with Gasteiger partial charge in [-0.15, -0.1) is 0 Å². The zero-order valence-electron chi connectivity index (χ0n) is 15.8. The molecule has 0 aliphatic carbocycles. The quantitative estimate of drug-likeness (QED) is 0.750. The maximum absolute atomic E-state index is 5.08. The van der Waals surface area contributed by atoms with Crippen molar-refractivity contribution in [3.8, 4) is 0 Å². The van der Waals surface area contributed by atoms with Gasteiger partial charge in [0.2, 0.25) is 0 Å². The molecule has 2 aromatic heterocycles. The van der Waals surface area contributed by atoms with Crippen LogP contribution in [0.3, 0.4) is 0 Å². The predicted octanol–water partition coefficient (Wildman–Crippen LogP) is 4.49. The molecule has 0 amide bonds. The van der Waals surface area contributed by atoms with Crippen LogP contribution in [0.25, 0.3) is 10.9 Å². The third kappa shape index (κ3) is 2.55. The first-order chi connectivity index (χ1) is 13.2.